The van der Waals surface area contributed by atoms with Crippen LogP contribution in [-0.2, 0) is 0 Å². The highest BCUT2D eigenvalue weighted by molar-refractivity contribution is 5.35. The van der Waals surface area contributed by atoms with Gasteiger partial charge in [0.15, 0.2) is 0 Å². The molecule has 3 unspecified atom stereocenters. The van der Waals surface area contributed by atoms with Crippen molar-refractivity contribution in [1.29, 1.82) is 0 Å². The lowest BCUT2D eigenvalue weighted by Crippen LogP contribution is -2.25. The largest absolute Gasteiger partial charge is 0.0738 e. The van der Waals surface area contributed by atoms with Crippen LogP contribution >= 0.6 is 0 Å². The van der Waals surface area contributed by atoms with Gasteiger partial charge in [-0.05, 0) is 75.0 Å². The number of allylic oxidation sites excluding steroid dienone is 4. The molecule has 0 aromatic rings. The predicted octanol–water partition coefficient (Wildman–Crippen LogP) is 6.29. The molecule has 1 saturated carbocycles. The fourth-order valence-corrected chi connectivity index (χ4v) is 5.32. The Morgan fingerprint density at radius 1 is 1.10 bits per heavy atom. The normalized spacial score (nSPS) is 38.1. The highest BCUT2D eigenvalue weighted by atomic mass is 14.5. The third kappa shape index (κ3) is 2.20. The van der Waals surface area contributed by atoms with Crippen molar-refractivity contribution < 1.29 is 0 Å². The molecule has 3 rings (SSSR count). The van der Waals surface area contributed by atoms with E-state index in [2.05, 4.69) is 34.6 Å². The topological polar surface area (TPSA) is 0 Å². The van der Waals surface area contributed by atoms with Gasteiger partial charge < -0.3 is 0 Å². The SMILES string of the molecule is CC1=C2CC3(C)CCC(C(C)C)=C3CCC(C)C2CC1. The molecule has 3 aliphatic rings. The fraction of sp³-hybridized carbons (Fsp3) is 0.800. The Bertz CT molecular complexity index is 462. The van der Waals surface area contributed by atoms with Gasteiger partial charge in [0.1, 0.15) is 0 Å². The monoisotopic (exact) mass is 272 g/mol. The van der Waals surface area contributed by atoms with Gasteiger partial charge in [0.2, 0.25) is 0 Å². The minimum atomic E-state index is 0.499. The number of hydrogen-bond donors (Lipinski definition) is 0. The van der Waals surface area contributed by atoms with Crippen LogP contribution in [0.1, 0.15) is 79.6 Å². The van der Waals surface area contributed by atoms with E-state index in [1.807, 2.05) is 16.7 Å². The van der Waals surface area contributed by atoms with Crippen LogP contribution in [0.15, 0.2) is 22.3 Å². The zero-order valence-corrected chi connectivity index (χ0v) is 14.2. The lowest BCUT2D eigenvalue weighted by Gasteiger charge is -2.37. The third-order valence-electron chi connectivity index (χ3n) is 6.70. The maximum atomic E-state index is 2.57. The highest BCUT2D eigenvalue weighted by Crippen LogP contribution is 2.56. The van der Waals surface area contributed by atoms with Crippen molar-refractivity contribution in [2.24, 2.45) is 23.2 Å². The van der Waals surface area contributed by atoms with Crippen molar-refractivity contribution in [2.75, 3.05) is 0 Å². The summed E-state index contributed by atoms with van der Waals surface area (Å²) in [6, 6.07) is 0. The zero-order valence-electron chi connectivity index (χ0n) is 14.2. The van der Waals surface area contributed by atoms with Crippen molar-refractivity contribution in [3.63, 3.8) is 0 Å². The van der Waals surface area contributed by atoms with Crippen LogP contribution in [0, 0.1) is 23.2 Å². The van der Waals surface area contributed by atoms with Crippen LogP contribution < -0.4 is 0 Å². The molecule has 0 N–H and O–H groups in total. The Kier molecular flexibility index (Phi) is 3.63. The summed E-state index contributed by atoms with van der Waals surface area (Å²) < 4.78 is 0. The molecule has 112 valence electrons. The first-order chi connectivity index (χ1) is 9.42. The smallest absolute Gasteiger partial charge is 0.00732 e. The van der Waals surface area contributed by atoms with E-state index in [-0.39, 0.29) is 0 Å². The summed E-state index contributed by atoms with van der Waals surface area (Å²) in [6.07, 6.45) is 9.77. The lowest BCUT2D eigenvalue weighted by atomic mass is 9.68. The fourth-order valence-electron chi connectivity index (χ4n) is 5.32. The summed E-state index contributed by atoms with van der Waals surface area (Å²) in [5, 5.41) is 0. The van der Waals surface area contributed by atoms with E-state index in [1.165, 1.54) is 44.9 Å². The van der Waals surface area contributed by atoms with Crippen molar-refractivity contribution >= 4 is 0 Å². The maximum Gasteiger partial charge on any atom is -0.00732 e. The zero-order chi connectivity index (χ0) is 14.5. The highest BCUT2D eigenvalue weighted by Gasteiger charge is 2.42. The summed E-state index contributed by atoms with van der Waals surface area (Å²) in [5.41, 5.74) is 7.78. The molecule has 0 radical (unpaired) electrons. The average molecular weight is 272 g/mol. The molecule has 0 aliphatic heterocycles. The van der Waals surface area contributed by atoms with E-state index in [0.29, 0.717) is 5.41 Å². The van der Waals surface area contributed by atoms with Crippen LogP contribution in [0.2, 0.25) is 0 Å². The van der Waals surface area contributed by atoms with E-state index in [4.69, 9.17) is 0 Å². The van der Waals surface area contributed by atoms with Gasteiger partial charge in [-0.25, -0.2) is 0 Å². The molecular formula is C20H32. The lowest BCUT2D eigenvalue weighted by molar-refractivity contribution is 0.291. The third-order valence-corrected chi connectivity index (χ3v) is 6.70. The first-order valence-corrected chi connectivity index (χ1v) is 8.83. The summed E-state index contributed by atoms with van der Waals surface area (Å²) in [5.74, 6) is 2.57. The second kappa shape index (κ2) is 5.04. The van der Waals surface area contributed by atoms with E-state index in [9.17, 15) is 0 Å². The molecule has 0 heterocycles. The van der Waals surface area contributed by atoms with Crippen LogP contribution in [0.4, 0.5) is 0 Å². The van der Waals surface area contributed by atoms with E-state index < -0.39 is 0 Å². The van der Waals surface area contributed by atoms with Gasteiger partial charge in [-0.15, -0.1) is 0 Å². The minimum Gasteiger partial charge on any atom is -0.0738 e. The van der Waals surface area contributed by atoms with E-state index in [0.717, 1.165) is 17.8 Å². The molecule has 0 bridgehead atoms. The van der Waals surface area contributed by atoms with Gasteiger partial charge in [0.25, 0.3) is 0 Å². The standard InChI is InChI=1S/C20H32/c1-13(2)16-10-11-20(5)12-18-15(4)6-8-17(18)14(3)7-9-19(16)20/h13-14,17H,6-12H2,1-5H3. The van der Waals surface area contributed by atoms with Crippen molar-refractivity contribution in [3.05, 3.63) is 22.3 Å². The van der Waals surface area contributed by atoms with E-state index in [1.54, 1.807) is 5.57 Å². The summed E-state index contributed by atoms with van der Waals surface area (Å²) in [7, 11) is 0. The van der Waals surface area contributed by atoms with Gasteiger partial charge in [0.05, 0.1) is 0 Å². The summed E-state index contributed by atoms with van der Waals surface area (Å²) in [6.45, 7) is 12.3. The molecule has 0 aromatic carbocycles. The van der Waals surface area contributed by atoms with Gasteiger partial charge in [-0.3, -0.25) is 0 Å². The van der Waals surface area contributed by atoms with Crippen molar-refractivity contribution in [1.82, 2.24) is 0 Å². The molecule has 0 heteroatoms. The molecule has 20 heavy (non-hydrogen) atoms. The van der Waals surface area contributed by atoms with E-state index >= 15 is 0 Å². The second-order valence-electron chi connectivity index (χ2n) is 8.36. The van der Waals surface area contributed by atoms with Gasteiger partial charge in [-0.2, -0.15) is 0 Å². The molecule has 0 aromatic heterocycles. The molecule has 3 aliphatic carbocycles. The van der Waals surface area contributed by atoms with Crippen LogP contribution in [0.5, 0.6) is 0 Å². The molecule has 0 nitrogen and oxygen atoms in total. The maximum absolute atomic E-state index is 2.57. The molecule has 1 fully saturated rings. The van der Waals surface area contributed by atoms with Gasteiger partial charge >= 0.3 is 0 Å². The molecule has 3 atom stereocenters. The number of fused-ring (bicyclic) bond motifs is 2. The Hall–Kier alpha value is -0.520. The first-order valence-electron chi connectivity index (χ1n) is 8.83. The number of hydrogen-bond acceptors (Lipinski definition) is 0. The predicted molar refractivity (Wildman–Crippen MR) is 87.6 cm³/mol. The Balaban J connectivity index is 2.00. The quantitative estimate of drug-likeness (QED) is 0.492. The Morgan fingerprint density at radius 2 is 1.85 bits per heavy atom. The molecule has 0 saturated heterocycles. The van der Waals surface area contributed by atoms with Crippen LogP contribution in [0.25, 0.3) is 0 Å². The minimum absolute atomic E-state index is 0.499. The summed E-state index contributed by atoms with van der Waals surface area (Å²) >= 11 is 0. The summed E-state index contributed by atoms with van der Waals surface area (Å²) in [4.78, 5) is 0. The Labute approximate surface area is 125 Å². The molecule has 0 spiro atoms. The van der Waals surface area contributed by atoms with Crippen LogP contribution in [-0.4, -0.2) is 0 Å². The number of rotatable bonds is 1. The first kappa shape index (κ1) is 14.4. The van der Waals surface area contributed by atoms with Gasteiger partial charge in [0, 0.05) is 0 Å². The van der Waals surface area contributed by atoms with Crippen molar-refractivity contribution in [2.45, 2.75) is 79.6 Å². The second-order valence-corrected chi connectivity index (χ2v) is 8.36. The Morgan fingerprint density at radius 3 is 2.55 bits per heavy atom. The average Bonchev–Trinajstić information content (AvgIpc) is 2.88. The molecule has 0 amide bonds. The van der Waals surface area contributed by atoms with Gasteiger partial charge in [-0.1, -0.05) is 50.0 Å². The van der Waals surface area contributed by atoms with Crippen molar-refractivity contribution in [3.8, 4) is 0 Å². The molecular weight excluding hydrogens is 240 g/mol. The van der Waals surface area contributed by atoms with Crippen LogP contribution in [0.3, 0.4) is 0 Å².